The first-order valence-electron chi connectivity index (χ1n) is 9.86. The molecule has 7 heteroatoms. The summed E-state index contributed by atoms with van der Waals surface area (Å²) in [5.74, 6) is -0.297. The molecule has 0 fully saturated rings. The number of rotatable bonds is 4. The van der Waals surface area contributed by atoms with Crippen molar-refractivity contribution < 1.29 is 4.79 Å². The zero-order chi connectivity index (χ0) is 22.3. The number of nitrogens with one attached hydrogen (secondary N) is 1. The molecule has 0 aliphatic rings. The van der Waals surface area contributed by atoms with Gasteiger partial charge in [0, 0.05) is 21.2 Å². The van der Waals surface area contributed by atoms with E-state index in [4.69, 9.17) is 11.6 Å². The summed E-state index contributed by atoms with van der Waals surface area (Å²) in [4.78, 5) is 32.2. The van der Waals surface area contributed by atoms with Crippen molar-refractivity contribution in [2.24, 2.45) is 0 Å². The number of thiophene rings is 1. The Labute approximate surface area is 189 Å². The van der Waals surface area contributed by atoms with Crippen LogP contribution >= 0.6 is 22.9 Å². The number of aryl methyl sites for hydroxylation is 4. The minimum Gasteiger partial charge on any atom is -0.324 e. The van der Waals surface area contributed by atoms with Gasteiger partial charge in [0.1, 0.15) is 11.4 Å². The molecule has 0 aliphatic heterocycles. The number of benzene rings is 2. The molecule has 4 aromatic rings. The highest BCUT2D eigenvalue weighted by Crippen LogP contribution is 2.37. The minimum atomic E-state index is -0.297. The fourth-order valence-electron chi connectivity index (χ4n) is 3.69. The van der Waals surface area contributed by atoms with Gasteiger partial charge in [-0.3, -0.25) is 14.2 Å². The number of amides is 1. The van der Waals surface area contributed by atoms with E-state index in [1.165, 1.54) is 22.2 Å². The Morgan fingerprint density at radius 2 is 1.87 bits per heavy atom. The van der Waals surface area contributed by atoms with Crippen LogP contribution in [0.3, 0.4) is 0 Å². The molecule has 0 saturated heterocycles. The van der Waals surface area contributed by atoms with E-state index in [9.17, 15) is 9.59 Å². The normalized spacial score (nSPS) is 11.1. The molecule has 0 bridgehead atoms. The predicted octanol–water partition coefficient (Wildman–Crippen LogP) is 5.65. The van der Waals surface area contributed by atoms with Gasteiger partial charge in [0.15, 0.2) is 0 Å². The van der Waals surface area contributed by atoms with E-state index in [1.807, 2.05) is 27.7 Å². The predicted molar refractivity (Wildman–Crippen MR) is 128 cm³/mol. The Morgan fingerprint density at radius 1 is 1.10 bits per heavy atom. The average molecular weight is 452 g/mol. The second-order valence-electron chi connectivity index (χ2n) is 7.72. The third kappa shape index (κ3) is 4.13. The average Bonchev–Trinajstić information content (AvgIpc) is 3.05. The summed E-state index contributed by atoms with van der Waals surface area (Å²) < 4.78 is 1.36. The van der Waals surface area contributed by atoms with Crippen LogP contribution in [-0.2, 0) is 11.3 Å². The highest BCUT2D eigenvalue weighted by Gasteiger charge is 2.19. The molecule has 2 aromatic carbocycles. The van der Waals surface area contributed by atoms with Crippen LogP contribution in [0.5, 0.6) is 0 Å². The van der Waals surface area contributed by atoms with Crippen LogP contribution in [0.2, 0.25) is 5.02 Å². The summed E-state index contributed by atoms with van der Waals surface area (Å²) in [7, 11) is 0. The Hall–Kier alpha value is -2.96. The standard InChI is InChI=1S/C24H22ClN3O2S/c1-13-5-6-14(2)18(9-13)21-16(4)31-23-22(21)24(30)28(12-26-23)11-20(29)27-19-8-7-17(25)10-15(19)3/h5-10,12H,11H2,1-4H3,(H,27,29). The minimum absolute atomic E-state index is 0.120. The van der Waals surface area contributed by atoms with E-state index in [1.54, 1.807) is 18.2 Å². The molecule has 0 spiro atoms. The number of carbonyl (C=O) groups is 1. The van der Waals surface area contributed by atoms with E-state index in [-0.39, 0.29) is 18.0 Å². The summed E-state index contributed by atoms with van der Waals surface area (Å²) in [5, 5.41) is 4.02. The molecule has 0 saturated carbocycles. The monoisotopic (exact) mass is 451 g/mol. The molecular weight excluding hydrogens is 430 g/mol. The van der Waals surface area contributed by atoms with Crippen molar-refractivity contribution in [2.75, 3.05) is 5.32 Å². The first-order chi connectivity index (χ1) is 14.7. The lowest BCUT2D eigenvalue weighted by Gasteiger charge is -2.11. The first kappa shape index (κ1) is 21.3. The van der Waals surface area contributed by atoms with Crippen molar-refractivity contribution in [3.63, 3.8) is 0 Å². The number of nitrogens with zero attached hydrogens (tertiary/aromatic N) is 2. The number of aromatic nitrogens is 2. The van der Waals surface area contributed by atoms with Crippen molar-refractivity contribution in [3.8, 4) is 11.1 Å². The summed E-state index contributed by atoms with van der Waals surface area (Å²) >= 11 is 7.48. The molecule has 4 rings (SSSR count). The highest BCUT2D eigenvalue weighted by molar-refractivity contribution is 7.19. The van der Waals surface area contributed by atoms with Crippen LogP contribution in [0.25, 0.3) is 21.3 Å². The van der Waals surface area contributed by atoms with Gasteiger partial charge in [-0.1, -0.05) is 35.4 Å². The van der Waals surface area contributed by atoms with Crippen LogP contribution in [0.15, 0.2) is 47.5 Å². The summed E-state index contributed by atoms with van der Waals surface area (Å²) in [6, 6.07) is 11.5. The van der Waals surface area contributed by atoms with Crippen LogP contribution < -0.4 is 10.9 Å². The molecule has 0 aliphatic carbocycles. The first-order valence-corrected chi connectivity index (χ1v) is 11.1. The second kappa shape index (κ2) is 8.29. The van der Waals surface area contributed by atoms with Crippen molar-refractivity contribution in [1.82, 2.24) is 9.55 Å². The largest absolute Gasteiger partial charge is 0.324 e. The Morgan fingerprint density at radius 3 is 2.61 bits per heavy atom. The van der Waals surface area contributed by atoms with Gasteiger partial charge in [-0.05, 0) is 62.6 Å². The number of hydrogen-bond acceptors (Lipinski definition) is 4. The zero-order valence-corrected chi connectivity index (χ0v) is 19.3. The Kier molecular flexibility index (Phi) is 5.69. The SMILES string of the molecule is Cc1ccc(C)c(-c2c(C)sc3ncn(CC(=O)Nc4ccc(Cl)cc4C)c(=O)c23)c1. The van der Waals surface area contributed by atoms with Gasteiger partial charge in [0.25, 0.3) is 5.56 Å². The van der Waals surface area contributed by atoms with Crippen LogP contribution in [0.1, 0.15) is 21.6 Å². The molecule has 5 nitrogen and oxygen atoms in total. The van der Waals surface area contributed by atoms with E-state index >= 15 is 0 Å². The number of carbonyl (C=O) groups excluding carboxylic acids is 1. The molecular formula is C24H22ClN3O2S. The third-order valence-electron chi connectivity index (χ3n) is 5.29. The summed E-state index contributed by atoms with van der Waals surface area (Å²) in [6.45, 7) is 7.82. The number of fused-ring (bicyclic) bond motifs is 1. The van der Waals surface area contributed by atoms with Crippen LogP contribution in [0.4, 0.5) is 5.69 Å². The fraction of sp³-hybridized carbons (Fsp3) is 0.208. The summed E-state index contributed by atoms with van der Waals surface area (Å²) in [6.07, 6.45) is 1.45. The molecule has 31 heavy (non-hydrogen) atoms. The highest BCUT2D eigenvalue weighted by atomic mass is 35.5. The van der Waals surface area contributed by atoms with Crippen LogP contribution in [0, 0.1) is 27.7 Å². The topological polar surface area (TPSA) is 64.0 Å². The lowest BCUT2D eigenvalue weighted by molar-refractivity contribution is -0.116. The molecule has 0 radical (unpaired) electrons. The third-order valence-corrected chi connectivity index (χ3v) is 6.54. The number of anilines is 1. The molecule has 2 aromatic heterocycles. The van der Waals surface area contributed by atoms with Crippen LogP contribution in [-0.4, -0.2) is 15.5 Å². The van der Waals surface area contributed by atoms with Crippen molar-refractivity contribution in [2.45, 2.75) is 34.2 Å². The maximum atomic E-state index is 13.4. The molecule has 0 unspecified atom stereocenters. The maximum absolute atomic E-state index is 13.4. The lowest BCUT2D eigenvalue weighted by atomic mass is 9.97. The van der Waals surface area contributed by atoms with Crippen molar-refractivity contribution in [3.05, 3.63) is 79.7 Å². The second-order valence-corrected chi connectivity index (χ2v) is 9.36. The van der Waals surface area contributed by atoms with Gasteiger partial charge in [-0.15, -0.1) is 11.3 Å². The molecule has 1 amide bonds. The van der Waals surface area contributed by atoms with E-state index in [2.05, 4.69) is 28.5 Å². The maximum Gasteiger partial charge on any atom is 0.263 e. The quantitative estimate of drug-likeness (QED) is 0.436. The zero-order valence-electron chi connectivity index (χ0n) is 17.7. The molecule has 158 valence electrons. The molecule has 1 N–H and O–H groups in total. The Bertz CT molecular complexity index is 1390. The van der Waals surface area contributed by atoms with Gasteiger partial charge in [-0.2, -0.15) is 0 Å². The van der Waals surface area contributed by atoms with Gasteiger partial charge < -0.3 is 5.32 Å². The van der Waals surface area contributed by atoms with Crippen molar-refractivity contribution >= 4 is 44.7 Å². The van der Waals surface area contributed by atoms with Gasteiger partial charge in [-0.25, -0.2) is 4.98 Å². The van der Waals surface area contributed by atoms with E-state index in [0.29, 0.717) is 20.9 Å². The summed E-state index contributed by atoms with van der Waals surface area (Å²) in [5.41, 5.74) is 5.46. The van der Waals surface area contributed by atoms with E-state index < -0.39 is 0 Å². The van der Waals surface area contributed by atoms with Gasteiger partial charge in [0.05, 0.1) is 11.7 Å². The van der Waals surface area contributed by atoms with Gasteiger partial charge in [0.2, 0.25) is 5.91 Å². The smallest absolute Gasteiger partial charge is 0.263 e. The number of hydrogen-bond donors (Lipinski definition) is 1. The molecule has 2 heterocycles. The Balaban J connectivity index is 1.73. The molecule has 0 atom stereocenters. The van der Waals surface area contributed by atoms with Crippen molar-refractivity contribution in [1.29, 1.82) is 0 Å². The fourth-order valence-corrected chi connectivity index (χ4v) is 4.91. The van der Waals surface area contributed by atoms with E-state index in [0.717, 1.165) is 32.7 Å². The lowest BCUT2D eigenvalue weighted by Crippen LogP contribution is -2.28. The van der Waals surface area contributed by atoms with Gasteiger partial charge >= 0.3 is 0 Å². The number of halogens is 1.